The van der Waals surface area contributed by atoms with Crippen LogP contribution in [0.15, 0.2) is 23.1 Å². The second-order valence-electron chi connectivity index (χ2n) is 5.07. The molecule has 1 aromatic rings. The molecule has 0 spiro atoms. The molecule has 21 heavy (non-hydrogen) atoms. The Morgan fingerprint density at radius 2 is 2.05 bits per heavy atom. The maximum Gasteiger partial charge on any atom is 0.243 e. The second kappa shape index (κ2) is 6.71. The lowest BCUT2D eigenvalue weighted by Crippen LogP contribution is -2.40. The number of carbonyl (C=O) groups is 2. The molecule has 0 radical (unpaired) electrons. The molecule has 0 saturated carbocycles. The number of thioether (sulfide) groups is 1. The summed E-state index contributed by atoms with van der Waals surface area (Å²) in [5.74, 6) is -0.188. The van der Waals surface area contributed by atoms with E-state index in [9.17, 15) is 9.59 Å². The molecule has 1 atom stereocenters. The summed E-state index contributed by atoms with van der Waals surface area (Å²) < 4.78 is 0. The molecule has 1 fully saturated rings. The zero-order chi connectivity index (χ0) is 15.6. The van der Waals surface area contributed by atoms with Crippen molar-refractivity contribution >= 4 is 40.9 Å². The third-order valence-corrected chi connectivity index (χ3v) is 5.20. The van der Waals surface area contributed by atoms with Crippen molar-refractivity contribution in [3.05, 3.63) is 23.2 Å². The molecule has 1 aromatic carbocycles. The van der Waals surface area contributed by atoms with Crippen LogP contribution in [-0.2, 0) is 9.59 Å². The number of nitrogens with zero attached hydrogens (tertiary/aromatic N) is 1. The maximum atomic E-state index is 12.5. The highest BCUT2D eigenvalue weighted by atomic mass is 35.5. The number of likely N-dealkylation sites (tertiary alicyclic amines) is 1. The number of carbonyl (C=O) groups excluding carboxylic acids is 2. The molecule has 1 heterocycles. The highest BCUT2D eigenvalue weighted by Gasteiger charge is 2.41. The summed E-state index contributed by atoms with van der Waals surface area (Å²) >= 11 is 7.21. The van der Waals surface area contributed by atoms with Gasteiger partial charge in [0.1, 0.15) is 0 Å². The smallest absolute Gasteiger partial charge is 0.243 e. The zero-order valence-corrected chi connectivity index (χ0v) is 13.7. The third kappa shape index (κ3) is 3.35. The minimum atomic E-state index is -0.387. The lowest BCUT2D eigenvalue weighted by molar-refractivity contribution is -0.141. The van der Waals surface area contributed by atoms with Crippen molar-refractivity contribution in [3.63, 3.8) is 0 Å². The van der Waals surface area contributed by atoms with E-state index in [1.54, 1.807) is 18.2 Å². The van der Waals surface area contributed by atoms with Crippen molar-refractivity contribution in [1.29, 1.82) is 0 Å². The number of hydrogen-bond donors (Lipinski definition) is 1. The molecule has 6 heteroatoms. The summed E-state index contributed by atoms with van der Waals surface area (Å²) in [5, 5.41) is 0.172. The van der Waals surface area contributed by atoms with Crippen LogP contribution < -0.4 is 5.73 Å². The molecule has 0 aromatic heterocycles. The molecule has 2 N–H and O–H groups in total. The van der Waals surface area contributed by atoms with Crippen LogP contribution in [0.25, 0.3) is 0 Å². The highest BCUT2D eigenvalue weighted by Crippen LogP contribution is 2.36. The predicted octanol–water partition coefficient (Wildman–Crippen LogP) is 3.33. The molecule has 0 bridgehead atoms. The molecule has 1 aliphatic heterocycles. The predicted molar refractivity (Wildman–Crippen MR) is 86.3 cm³/mol. The van der Waals surface area contributed by atoms with Crippen LogP contribution in [-0.4, -0.2) is 28.0 Å². The van der Waals surface area contributed by atoms with Crippen molar-refractivity contribution in [2.24, 2.45) is 0 Å². The summed E-state index contributed by atoms with van der Waals surface area (Å²) in [6.45, 7) is 3.98. The van der Waals surface area contributed by atoms with Gasteiger partial charge >= 0.3 is 0 Å². The number of halogens is 1. The fraction of sp³-hybridized carbons (Fsp3) is 0.467. The monoisotopic (exact) mass is 326 g/mol. The van der Waals surface area contributed by atoms with Gasteiger partial charge in [0.2, 0.25) is 11.8 Å². The van der Waals surface area contributed by atoms with E-state index >= 15 is 0 Å². The standard InChI is InChI=1S/C15H19ClN2O2S/c1-3-10(4-2)18-14(19)8-13(15(18)20)21-12-6-5-9(16)7-11(12)17/h5-7,10,13H,3-4,8,17H2,1-2H3. The Labute approximate surface area is 134 Å². The topological polar surface area (TPSA) is 63.4 Å². The van der Waals surface area contributed by atoms with Crippen molar-refractivity contribution < 1.29 is 9.59 Å². The van der Waals surface area contributed by atoms with Crippen LogP contribution >= 0.6 is 23.4 Å². The Balaban J connectivity index is 2.15. The minimum Gasteiger partial charge on any atom is -0.398 e. The SMILES string of the molecule is CCC(CC)N1C(=O)CC(Sc2ccc(Cl)cc2N)C1=O. The largest absolute Gasteiger partial charge is 0.398 e. The van der Waals surface area contributed by atoms with E-state index < -0.39 is 0 Å². The van der Waals surface area contributed by atoms with Gasteiger partial charge in [-0.2, -0.15) is 0 Å². The van der Waals surface area contributed by atoms with Crippen molar-refractivity contribution in [3.8, 4) is 0 Å². The van der Waals surface area contributed by atoms with Crippen LogP contribution in [0.2, 0.25) is 5.02 Å². The molecule has 114 valence electrons. The first-order valence-corrected chi connectivity index (χ1v) is 8.31. The van der Waals surface area contributed by atoms with Gasteiger partial charge in [-0.05, 0) is 31.0 Å². The van der Waals surface area contributed by atoms with Crippen molar-refractivity contribution in [2.45, 2.75) is 49.3 Å². The normalized spacial score (nSPS) is 18.9. The number of nitrogen functional groups attached to an aromatic ring is 1. The van der Waals surface area contributed by atoms with E-state index in [1.165, 1.54) is 16.7 Å². The molecule has 1 unspecified atom stereocenters. The van der Waals surface area contributed by atoms with Gasteiger partial charge in [-0.25, -0.2) is 0 Å². The van der Waals surface area contributed by atoms with E-state index in [1.807, 2.05) is 13.8 Å². The van der Waals surface area contributed by atoms with E-state index in [0.717, 1.165) is 17.7 Å². The second-order valence-corrected chi connectivity index (χ2v) is 6.75. The molecule has 1 aliphatic rings. The van der Waals surface area contributed by atoms with Gasteiger partial charge in [-0.15, -0.1) is 11.8 Å². The van der Waals surface area contributed by atoms with Gasteiger partial charge in [-0.1, -0.05) is 25.4 Å². The zero-order valence-electron chi connectivity index (χ0n) is 12.1. The van der Waals surface area contributed by atoms with Gasteiger partial charge in [0.25, 0.3) is 0 Å². The first-order valence-electron chi connectivity index (χ1n) is 7.05. The Morgan fingerprint density at radius 3 is 2.62 bits per heavy atom. The summed E-state index contributed by atoms with van der Waals surface area (Å²) in [5.41, 5.74) is 6.45. The first kappa shape index (κ1) is 16.2. The summed E-state index contributed by atoms with van der Waals surface area (Å²) in [6, 6.07) is 5.18. The van der Waals surface area contributed by atoms with Gasteiger partial charge in [0, 0.05) is 28.1 Å². The molecule has 4 nitrogen and oxygen atoms in total. The lowest BCUT2D eigenvalue weighted by Gasteiger charge is -2.24. The number of amides is 2. The van der Waals surface area contributed by atoms with Crippen molar-refractivity contribution in [2.75, 3.05) is 5.73 Å². The fourth-order valence-corrected chi connectivity index (χ4v) is 3.80. The molecule has 2 amide bonds. The Hall–Kier alpha value is -1.20. The first-order chi connectivity index (χ1) is 9.97. The van der Waals surface area contributed by atoms with Gasteiger partial charge in [0.15, 0.2) is 0 Å². The fourth-order valence-electron chi connectivity index (χ4n) is 2.53. The van der Waals surface area contributed by atoms with Gasteiger partial charge in [0.05, 0.1) is 5.25 Å². The van der Waals surface area contributed by atoms with Crippen LogP contribution in [0, 0.1) is 0 Å². The maximum absolute atomic E-state index is 12.5. The van der Waals surface area contributed by atoms with Crippen LogP contribution in [0.1, 0.15) is 33.1 Å². The van der Waals surface area contributed by atoms with E-state index in [4.69, 9.17) is 17.3 Å². The molecule has 2 rings (SSSR count). The molecular weight excluding hydrogens is 308 g/mol. The minimum absolute atomic E-state index is 0.00170. The van der Waals surface area contributed by atoms with Crippen LogP contribution in [0.3, 0.4) is 0 Å². The number of imide groups is 1. The average molecular weight is 327 g/mol. The molecule has 1 saturated heterocycles. The highest BCUT2D eigenvalue weighted by molar-refractivity contribution is 8.00. The number of anilines is 1. The number of nitrogens with two attached hydrogens (primary N) is 1. The van der Waals surface area contributed by atoms with Gasteiger partial charge in [-0.3, -0.25) is 14.5 Å². The Kier molecular flexibility index (Phi) is 5.17. The number of rotatable bonds is 5. The van der Waals surface area contributed by atoms with E-state index in [-0.39, 0.29) is 29.5 Å². The Bertz CT molecular complexity index is 561. The van der Waals surface area contributed by atoms with Crippen LogP contribution in [0.4, 0.5) is 5.69 Å². The number of hydrogen-bond acceptors (Lipinski definition) is 4. The Morgan fingerprint density at radius 1 is 1.38 bits per heavy atom. The quantitative estimate of drug-likeness (QED) is 0.666. The number of benzene rings is 1. The van der Waals surface area contributed by atoms with Crippen molar-refractivity contribution in [1.82, 2.24) is 4.90 Å². The van der Waals surface area contributed by atoms with E-state index in [0.29, 0.717) is 10.7 Å². The lowest BCUT2D eigenvalue weighted by atomic mass is 10.1. The molecule has 0 aliphatic carbocycles. The summed E-state index contributed by atoms with van der Waals surface area (Å²) in [7, 11) is 0. The summed E-state index contributed by atoms with van der Waals surface area (Å²) in [6.07, 6.45) is 1.81. The summed E-state index contributed by atoms with van der Waals surface area (Å²) in [4.78, 5) is 26.8. The average Bonchev–Trinajstić information content (AvgIpc) is 2.71. The van der Waals surface area contributed by atoms with E-state index in [2.05, 4.69) is 0 Å². The van der Waals surface area contributed by atoms with Gasteiger partial charge < -0.3 is 5.73 Å². The van der Waals surface area contributed by atoms with Crippen LogP contribution in [0.5, 0.6) is 0 Å². The molecular formula is C15H19ClN2O2S. The third-order valence-electron chi connectivity index (χ3n) is 3.69.